The molecule has 0 bridgehead atoms. The lowest BCUT2D eigenvalue weighted by Gasteiger charge is -2.33. The van der Waals surface area contributed by atoms with Gasteiger partial charge < -0.3 is 5.32 Å². The van der Waals surface area contributed by atoms with Crippen LogP contribution in [-0.2, 0) is 4.79 Å². The quantitative estimate of drug-likeness (QED) is 0.821. The molecule has 4 heteroatoms. The first-order valence-corrected chi connectivity index (χ1v) is 5.59. The molecule has 0 aromatic carbocycles. The highest BCUT2D eigenvalue weighted by atomic mass is 16.2. The van der Waals surface area contributed by atoms with E-state index in [2.05, 4.69) is 10.3 Å². The second-order valence-corrected chi connectivity index (χ2v) is 4.29. The van der Waals surface area contributed by atoms with E-state index < -0.39 is 0 Å². The molecule has 1 N–H and O–H groups in total. The van der Waals surface area contributed by atoms with Crippen LogP contribution in [0.2, 0.25) is 0 Å². The smallest absolute Gasteiger partial charge is 0.231 e. The SMILES string of the molecule is CC(C(=O)N(C)c1ccccn1)C1CNC1. The summed E-state index contributed by atoms with van der Waals surface area (Å²) in [4.78, 5) is 18.0. The van der Waals surface area contributed by atoms with Crippen LogP contribution in [0, 0.1) is 11.8 Å². The summed E-state index contributed by atoms with van der Waals surface area (Å²) in [6.07, 6.45) is 1.70. The molecule has 0 saturated carbocycles. The minimum Gasteiger partial charge on any atom is -0.316 e. The predicted octanol–water partition coefficient (Wildman–Crippen LogP) is 0.900. The molecule has 1 fully saturated rings. The van der Waals surface area contributed by atoms with Crippen molar-refractivity contribution in [3.8, 4) is 0 Å². The van der Waals surface area contributed by atoms with Crippen molar-refractivity contribution in [1.29, 1.82) is 0 Å². The number of carbonyl (C=O) groups excluding carboxylic acids is 1. The highest BCUT2D eigenvalue weighted by molar-refractivity contribution is 5.93. The van der Waals surface area contributed by atoms with Crippen LogP contribution >= 0.6 is 0 Å². The van der Waals surface area contributed by atoms with E-state index in [1.165, 1.54) is 0 Å². The van der Waals surface area contributed by atoms with Crippen LogP contribution in [0.4, 0.5) is 5.82 Å². The van der Waals surface area contributed by atoms with Crippen molar-refractivity contribution >= 4 is 11.7 Å². The first-order valence-electron chi connectivity index (χ1n) is 5.59. The fraction of sp³-hybridized carbons (Fsp3) is 0.500. The Morgan fingerprint density at radius 2 is 2.31 bits per heavy atom. The van der Waals surface area contributed by atoms with Crippen LogP contribution in [0.25, 0.3) is 0 Å². The number of nitrogens with one attached hydrogen (secondary N) is 1. The van der Waals surface area contributed by atoms with Gasteiger partial charge in [-0.25, -0.2) is 4.98 Å². The van der Waals surface area contributed by atoms with Crippen LogP contribution in [0.15, 0.2) is 24.4 Å². The van der Waals surface area contributed by atoms with Crippen LogP contribution in [0.5, 0.6) is 0 Å². The van der Waals surface area contributed by atoms with Gasteiger partial charge in [0.05, 0.1) is 0 Å². The fourth-order valence-corrected chi connectivity index (χ4v) is 1.84. The Morgan fingerprint density at radius 1 is 1.56 bits per heavy atom. The summed E-state index contributed by atoms with van der Waals surface area (Å²) in [6, 6.07) is 5.59. The van der Waals surface area contributed by atoms with Crippen molar-refractivity contribution in [3.05, 3.63) is 24.4 Å². The number of hydrogen-bond acceptors (Lipinski definition) is 3. The number of anilines is 1. The standard InChI is InChI=1S/C12H17N3O/c1-9(10-7-13-8-10)12(16)15(2)11-5-3-4-6-14-11/h3-6,9-10,13H,7-8H2,1-2H3. The maximum absolute atomic E-state index is 12.1. The Labute approximate surface area is 95.7 Å². The van der Waals surface area contributed by atoms with Crippen molar-refractivity contribution in [3.63, 3.8) is 0 Å². The molecule has 1 amide bonds. The van der Waals surface area contributed by atoms with Crippen molar-refractivity contribution in [1.82, 2.24) is 10.3 Å². The largest absolute Gasteiger partial charge is 0.316 e. The molecule has 4 nitrogen and oxygen atoms in total. The minimum atomic E-state index is 0.0632. The highest BCUT2D eigenvalue weighted by Crippen LogP contribution is 2.20. The van der Waals surface area contributed by atoms with E-state index in [9.17, 15) is 4.79 Å². The summed E-state index contributed by atoms with van der Waals surface area (Å²) in [6.45, 7) is 3.89. The maximum Gasteiger partial charge on any atom is 0.231 e. The molecule has 0 aliphatic carbocycles. The Bertz CT molecular complexity index is 362. The summed E-state index contributed by atoms with van der Waals surface area (Å²) in [5, 5.41) is 3.19. The van der Waals surface area contributed by atoms with Crippen LogP contribution < -0.4 is 10.2 Å². The number of amides is 1. The van der Waals surface area contributed by atoms with Gasteiger partial charge in [0.2, 0.25) is 5.91 Å². The molecule has 1 saturated heterocycles. The molecule has 2 heterocycles. The molecule has 1 aromatic heterocycles. The number of aromatic nitrogens is 1. The summed E-state index contributed by atoms with van der Waals surface area (Å²) in [5.74, 6) is 1.39. The molecular formula is C12H17N3O. The molecule has 1 aliphatic heterocycles. The molecule has 0 spiro atoms. The average Bonchev–Trinajstić information content (AvgIpc) is 2.26. The van der Waals surface area contributed by atoms with Gasteiger partial charge in [0, 0.05) is 19.2 Å². The van der Waals surface area contributed by atoms with Gasteiger partial charge in [-0.3, -0.25) is 9.69 Å². The van der Waals surface area contributed by atoms with E-state index in [4.69, 9.17) is 0 Å². The molecule has 1 unspecified atom stereocenters. The summed E-state index contributed by atoms with van der Waals surface area (Å²) < 4.78 is 0. The average molecular weight is 219 g/mol. The van der Waals surface area contributed by atoms with E-state index in [-0.39, 0.29) is 11.8 Å². The van der Waals surface area contributed by atoms with Gasteiger partial charge in [0.1, 0.15) is 5.82 Å². The third-order valence-corrected chi connectivity index (χ3v) is 3.23. The van der Waals surface area contributed by atoms with E-state index in [1.54, 1.807) is 18.1 Å². The first-order chi connectivity index (χ1) is 7.70. The molecule has 2 rings (SSSR count). The van der Waals surface area contributed by atoms with Gasteiger partial charge in [-0.1, -0.05) is 13.0 Å². The zero-order valence-corrected chi connectivity index (χ0v) is 9.68. The van der Waals surface area contributed by atoms with Crippen molar-refractivity contribution in [2.75, 3.05) is 25.0 Å². The van der Waals surface area contributed by atoms with Gasteiger partial charge in [-0.05, 0) is 31.1 Å². The van der Waals surface area contributed by atoms with Crippen LogP contribution in [0.3, 0.4) is 0 Å². The zero-order chi connectivity index (χ0) is 11.5. The van der Waals surface area contributed by atoms with Crippen LogP contribution in [0.1, 0.15) is 6.92 Å². The summed E-state index contributed by atoms with van der Waals surface area (Å²) in [7, 11) is 1.78. The van der Waals surface area contributed by atoms with Gasteiger partial charge in [0.15, 0.2) is 0 Å². The molecule has 1 atom stereocenters. The number of nitrogens with zero attached hydrogens (tertiary/aromatic N) is 2. The Hall–Kier alpha value is -1.42. The van der Waals surface area contributed by atoms with E-state index in [1.807, 2.05) is 25.1 Å². The monoisotopic (exact) mass is 219 g/mol. The fourth-order valence-electron chi connectivity index (χ4n) is 1.84. The summed E-state index contributed by atoms with van der Waals surface area (Å²) >= 11 is 0. The zero-order valence-electron chi connectivity index (χ0n) is 9.68. The molecule has 16 heavy (non-hydrogen) atoms. The van der Waals surface area contributed by atoms with Gasteiger partial charge in [-0.2, -0.15) is 0 Å². The van der Waals surface area contributed by atoms with Gasteiger partial charge in [-0.15, -0.1) is 0 Å². The van der Waals surface area contributed by atoms with Crippen molar-refractivity contribution in [2.24, 2.45) is 11.8 Å². The first kappa shape index (κ1) is 11.1. The number of hydrogen-bond donors (Lipinski definition) is 1. The third-order valence-electron chi connectivity index (χ3n) is 3.23. The highest BCUT2D eigenvalue weighted by Gasteiger charge is 2.31. The Kier molecular flexibility index (Phi) is 3.19. The molecule has 1 aromatic rings. The van der Waals surface area contributed by atoms with E-state index in [0.29, 0.717) is 11.7 Å². The molecule has 0 radical (unpaired) electrons. The normalized spacial score (nSPS) is 17.6. The van der Waals surface area contributed by atoms with Crippen molar-refractivity contribution < 1.29 is 4.79 Å². The second kappa shape index (κ2) is 4.61. The topological polar surface area (TPSA) is 45.2 Å². The Balaban J connectivity index is 2.04. The number of rotatable bonds is 3. The van der Waals surface area contributed by atoms with Crippen molar-refractivity contribution in [2.45, 2.75) is 6.92 Å². The van der Waals surface area contributed by atoms with Crippen LogP contribution in [-0.4, -0.2) is 31.0 Å². The van der Waals surface area contributed by atoms with Gasteiger partial charge >= 0.3 is 0 Å². The van der Waals surface area contributed by atoms with Gasteiger partial charge in [0.25, 0.3) is 0 Å². The lowest BCUT2D eigenvalue weighted by Crippen LogP contribution is -2.50. The number of carbonyl (C=O) groups is 1. The number of pyridine rings is 1. The second-order valence-electron chi connectivity index (χ2n) is 4.29. The van der Waals surface area contributed by atoms with E-state index >= 15 is 0 Å². The lowest BCUT2D eigenvalue weighted by atomic mass is 9.88. The third kappa shape index (κ3) is 2.07. The molecular weight excluding hydrogens is 202 g/mol. The summed E-state index contributed by atoms with van der Waals surface area (Å²) in [5.41, 5.74) is 0. The van der Waals surface area contributed by atoms with E-state index in [0.717, 1.165) is 13.1 Å². The Morgan fingerprint density at radius 3 is 2.81 bits per heavy atom. The lowest BCUT2D eigenvalue weighted by molar-refractivity contribution is -0.123. The predicted molar refractivity (Wildman–Crippen MR) is 63.2 cm³/mol. The minimum absolute atomic E-state index is 0.0632. The molecule has 86 valence electrons. The maximum atomic E-state index is 12.1. The molecule has 1 aliphatic rings.